The molecule has 5 heteroatoms. The predicted octanol–water partition coefficient (Wildman–Crippen LogP) is 2.35. The Balaban J connectivity index is 2.52. The first-order valence-electron chi connectivity index (χ1n) is 6.24. The van der Waals surface area contributed by atoms with Crippen LogP contribution >= 0.6 is 23.1 Å². The second-order valence-corrected chi connectivity index (χ2v) is 6.24. The Kier molecular flexibility index (Phi) is 7.65. The predicted molar refractivity (Wildman–Crippen MR) is 82.8 cm³/mol. The van der Waals surface area contributed by atoms with Crippen LogP contribution in [0.4, 0.5) is 0 Å². The van der Waals surface area contributed by atoms with Gasteiger partial charge in [0.1, 0.15) is 0 Å². The van der Waals surface area contributed by atoms with Crippen LogP contribution in [0.5, 0.6) is 0 Å². The third-order valence-corrected chi connectivity index (χ3v) is 4.25. The number of nitrogens with one attached hydrogen (secondary N) is 1. The number of thioether (sulfide) groups is 1. The topological polar surface area (TPSA) is 49.3 Å². The zero-order chi connectivity index (χ0) is 14.1. The minimum Gasteiger partial charge on any atom is -0.395 e. The molecule has 0 spiro atoms. The fourth-order valence-corrected chi connectivity index (χ4v) is 2.80. The molecule has 0 radical (unpaired) electrons. The van der Waals surface area contributed by atoms with Gasteiger partial charge in [0.2, 0.25) is 0 Å². The van der Waals surface area contributed by atoms with Gasteiger partial charge >= 0.3 is 0 Å². The van der Waals surface area contributed by atoms with Crippen molar-refractivity contribution in [1.29, 1.82) is 0 Å². The van der Waals surface area contributed by atoms with E-state index in [2.05, 4.69) is 24.1 Å². The third-order valence-electron chi connectivity index (χ3n) is 2.26. The lowest BCUT2D eigenvalue weighted by atomic mass is 10.2. The average molecular weight is 297 g/mol. The molecule has 0 aliphatic rings. The molecular formula is C14H19NO2S2. The zero-order valence-electron chi connectivity index (χ0n) is 11.2. The summed E-state index contributed by atoms with van der Waals surface area (Å²) in [6.07, 6.45) is 0.463. The summed E-state index contributed by atoms with van der Waals surface area (Å²) in [7, 11) is 0. The van der Waals surface area contributed by atoms with E-state index in [1.165, 1.54) is 11.3 Å². The summed E-state index contributed by atoms with van der Waals surface area (Å²) in [6, 6.07) is 1.96. The smallest absolute Gasteiger partial charge is 0.252 e. The second kappa shape index (κ2) is 9.03. The van der Waals surface area contributed by atoms with Crippen molar-refractivity contribution < 1.29 is 9.90 Å². The summed E-state index contributed by atoms with van der Waals surface area (Å²) in [6.45, 7) is 4.18. The monoisotopic (exact) mass is 297 g/mol. The summed E-state index contributed by atoms with van der Waals surface area (Å²) < 4.78 is 0. The molecule has 1 unspecified atom stereocenters. The summed E-state index contributed by atoms with van der Waals surface area (Å²) in [4.78, 5) is 12.8. The normalized spacial score (nSPS) is 11.5. The van der Waals surface area contributed by atoms with Crippen molar-refractivity contribution in [3.63, 3.8) is 0 Å². The van der Waals surface area contributed by atoms with E-state index in [4.69, 9.17) is 5.11 Å². The molecule has 1 aromatic rings. The molecule has 1 aromatic heterocycles. The van der Waals surface area contributed by atoms with Gasteiger partial charge in [0.05, 0.1) is 17.0 Å². The van der Waals surface area contributed by atoms with Crippen molar-refractivity contribution >= 4 is 29.0 Å². The number of carbonyl (C=O) groups excluding carboxylic acids is 1. The molecule has 1 atom stereocenters. The zero-order valence-corrected chi connectivity index (χ0v) is 12.9. The standard InChI is InChI=1S/C14H19NO2S2/c1-3-18-9-11(2)15-14(17)12-8-13(19-10-12)6-4-5-7-16/h8,10-11,16H,3,5,7,9H2,1-2H3,(H,15,17). The number of carbonyl (C=O) groups is 1. The van der Waals surface area contributed by atoms with E-state index in [1.54, 1.807) is 6.07 Å². The van der Waals surface area contributed by atoms with Gasteiger partial charge in [0.15, 0.2) is 0 Å². The highest BCUT2D eigenvalue weighted by Crippen LogP contribution is 2.14. The van der Waals surface area contributed by atoms with Crippen molar-refractivity contribution in [3.05, 3.63) is 21.9 Å². The van der Waals surface area contributed by atoms with E-state index >= 15 is 0 Å². The first kappa shape index (κ1) is 16.1. The first-order valence-corrected chi connectivity index (χ1v) is 8.27. The van der Waals surface area contributed by atoms with Crippen LogP contribution in [0.1, 0.15) is 35.5 Å². The van der Waals surface area contributed by atoms with Gasteiger partial charge in [0.25, 0.3) is 5.91 Å². The van der Waals surface area contributed by atoms with Gasteiger partial charge in [-0.15, -0.1) is 11.3 Å². The summed E-state index contributed by atoms with van der Waals surface area (Å²) in [5.74, 6) is 7.72. The molecular weight excluding hydrogens is 278 g/mol. The highest BCUT2D eigenvalue weighted by Gasteiger charge is 2.11. The van der Waals surface area contributed by atoms with Gasteiger partial charge in [-0.05, 0) is 18.7 Å². The average Bonchev–Trinajstić information content (AvgIpc) is 2.85. The van der Waals surface area contributed by atoms with Gasteiger partial charge in [0, 0.05) is 23.6 Å². The van der Waals surface area contributed by atoms with Gasteiger partial charge in [-0.2, -0.15) is 11.8 Å². The van der Waals surface area contributed by atoms with Gasteiger partial charge < -0.3 is 10.4 Å². The number of hydrogen-bond donors (Lipinski definition) is 2. The van der Waals surface area contributed by atoms with Gasteiger partial charge in [-0.1, -0.05) is 18.8 Å². The van der Waals surface area contributed by atoms with Crippen LogP contribution in [-0.2, 0) is 0 Å². The Labute approximate surface area is 122 Å². The lowest BCUT2D eigenvalue weighted by molar-refractivity contribution is 0.0944. The summed E-state index contributed by atoms with van der Waals surface area (Å²) >= 11 is 3.27. The maximum Gasteiger partial charge on any atom is 0.252 e. The molecule has 0 aliphatic carbocycles. The SMILES string of the molecule is CCSCC(C)NC(=O)c1csc(C#CCCO)c1. The Morgan fingerprint density at radius 3 is 3.11 bits per heavy atom. The molecule has 1 rings (SSSR count). The fourth-order valence-electron chi connectivity index (χ4n) is 1.37. The van der Waals surface area contributed by atoms with Crippen LogP contribution in [0, 0.1) is 11.8 Å². The van der Waals surface area contributed by atoms with E-state index in [1.807, 2.05) is 24.1 Å². The van der Waals surface area contributed by atoms with Gasteiger partial charge in [-0.3, -0.25) is 4.79 Å². The highest BCUT2D eigenvalue weighted by molar-refractivity contribution is 7.99. The molecule has 0 aliphatic heterocycles. The number of rotatable bonds is 6. The van der Waals surface area contributed by atoms with Gasteiger partial charge in [-0.25, -0.2) is 0 Å². The molecule has 104 valence electrons. The molecule has 3 nitrogen and oxygen atoms in total. The second-order valence-electron chi connectivity index (χ2n) is 4.01. The Hall–Kier alpha value is -0.960. The Morgan fingerprint density at radius 1 is 1.63 bits per heavy atom. The minimum atomic E-state index is -0.0457. The molecule has 0 saturated carbocycles. The highest BCUT2D eigenvalue weighted by atomic mass is 32.2. The van der Waals surface area contributed by atoms with Crippen LogP contribution in [0.15, 0.2) is 11.4 Å². The molecule has 1 amide bonds. The number of hydrogen-bond acceptors (Lipinski definition) is 4. The summed E-state index contributed by atoms with van der Waals surface area (Å²) in [5, 5.41) is 13.4. The largest absolute Gasteiger partial charge is 0.395 e. The van der Waals surface area contributed by atoms with Crippen LogP contribution in [0.25, 0.3) is 0 Å². The summed E-state index contributed by atoms with van der Waals surface area (Å²) in [5.41, 5.74) is 0.659. The van der Waals surface area contributed by atoms with Crippen molar-refractivity contribution in [1.82, 2.24) is 5.32 Å². The molecule has 2 N–H and O–H groups in total. The lowest BCUT2D eigenvalue weighted by Gasteiger charge is -2.12. The number of thiophene rings is 1. The minimum absolute atomic E-state index is 0.0457. The maximum absolute atomic E-state index is 12.0. The van der Waals surface area contributed by atoms with Crippen molar-refractivity contribution in [2.75, 3.05) is 18.1 Å². The molecule has 1 heterocycles. The van der Waals surface area contributed by atoms with E-state index < -0.39 is 0 Å². The number of aliphatic hydroxyl groups excluding tert-OH is 1. The van der Waals surface area contributed by atoms with Crippen molar-refractivity contribution in [2.24, 2.45) is 0 Å². The van der Waals surface area contributed by atoms with Crippen molar-refractivity contribution in [2.45, 2.75) is 26.3 Å². The lowest BCUT2D eigenvalue weighted by Crippen LogP contribution is -2.34. The van der Waals surface area contributed by atoms with E-state index in [0.717, 1.165) is 16.4 Å². The van der Waals surface area contributed by atoms with Crippen LogP contribution < -0.4 is 5.32 Å². The molecule has 0 saturated heterocycles. The molecule has 0 bridgehead atoms. The van der Waals surface area contributed by atoms with E-state index in [0.29, 0.717) is 12.0 Å². The van der Waals surface area contributed by atoms with Crippen LogP contribution in [-0.4, -0.2) is 35.2 Å². The maximum atomic E-state index is 12.0. The number of amides is 1. The van der Waals surface area contributed by atoms with Crippen LogP contribution in [0.3, 0.4) is 0 Å². The number of aliphatic hydroxyl groups is 1. The molecule has 19 heavy (non-hydrogen) atoms. The third kappa shape index (κ3) is 6.15. The quantitative estimate of drug-likeness (QED) is 0.793. The fraction of sp³-hybridized carbons (Fsp3) is 0.500. The van der Waals surface area contributed by atoms with Crippen LogP contribution in [0.2, 0.25) is 0 Å². The van der Waals surface area contributed by atoms with Crippen molar-refractivity contribution in [3.8, 4) is 11.8 Å². The molecule has 0 fully saturated rings. The van der Waals surface area contributed by atoms with E-state index in [-0.39, 0.29) is 18.6 Å². The molecule has 0 aromatic carbocycles. The Morgan fingerprint density at radius 2 is 2.42 bits per heavy atom. The van der Waals surface area contributed by atoms with E-state index in [9.17, 15) is 4.79 Å². The first-order chi connectivity index (χ1) is 9.17. The Bertz CT molecular complexity index is 460.